The van der Waals surface area contributed by atoms with Crippen molar-refractivity contribution in [3.8, 4) is 5.75 Å². The van der Waals surface area contributed by atoms with Gasteiger partial charge in [0.15, 0.2) is 11.7 Å². The molecule has 2 aromatic rings. The Morgan fingerprint density at radius 2 is 2.08 bits per heavy atom. The van der Waals surface area contributed by atoms with Crippen molar-refractivity contribution in [3.05, 3.63) is 41.2 Å². The molecule has 128 valence electrons. The van der Waals surface area contributed by atoms with Crippen molar-refractivity contribution >= 4 is 17.5 Å². The molecule has 7 nitrogen and oxygen atoms in total. The van der Waals surface area contributed by atoms with Crippen LogP contribution in [-0.4, -0.2) is 28.2 Å². The number of benzene rings is 1. The third-order valence-corrected chi connectivity index (χ3v) is 5.48. The summed E-state index contributed by atoms with van der Waals surface area (Å²) >= 11 is 0. The summed E-state index contributed by atoms with van der Waals surface area (Å²) in [5, 5.41) is 7.32. The third-order valence-electron chi connectivity index (χ3n) is 5.48. The van der Waals surface area contributed by atoms with Crippen LogP contribution < -0.4 is 15.8 Å². The number of rotatable bonds is 2. The maximum absolute atomic E-state index is 12.8. The predicted molar refractivity (Wildman–Crippen MR) is 89.4 cm³/mol. The number of amides is 2. The van der Waals surface area contributed by atoms with Gasteiger partial charge in [0.25, 0.3) is 11.8 Å². The molecule has 3 N–H and O–H groups in total. The fourth-order valence-electron chi connectivity index (χ4n) is 4.05. The third kappa shape index (κ3) is 2.22. The molecule has 1 fully saturated rings. The number of fused-ring (bicyclic) bond motifs is 3. The first kappa shape index (κ1) is 14.5. The van der Waals surface area contributed by atoms with Crippen LogP contribution in [0.2, 0.25) is 0 Å². The zero-order valence-corrected chi connectivity index (χ0v) is 13.6. The number of nitrogens with zero attached hydrogens (tertiary/aromatic N) is 2. The number of aromatic nitrogens is 2. The number of carbonyl (C=O) groups is 2. The Labute approximate surface area is 144 Å². The van der Waals surface area contributed by atoms with E-state index in [0.717, 1.165) is 24.1 Å². The highest BCUT2D eigenvalue weighted by molar-refractivity contribution is 5.96. The van der Waals surface area contributed by atoms with E-state index in [9.17, 15) is 9.59 Å². The van der Waals surface area contributed by atoms with E-state index in [-0.39, 0.29) is 12.5 Å². The van der Waals surface area contributed by atoms with Gasteiger partial charge in [0.05, 0.1) is 5.69 Å². The van der Waals surface area contributed by atoms with Crippen LogP contribution in [0.3, 0.4) is 0 Å². The van der Waals surface area contributed by atoms with Gasteiger partial charge in [-0.15, -0.1) is 0 Å². The van der Waals surface area contributed by atoms with Crippen molar-refractivity contribution < 1.29 is 14.3 Å². The molecule has 0 saturated heterocycles. The maximum atomic E-state index is 12.8. The van der Waals surface area contributed by atoms with Crippen molar-refractivity contribution in [2.45, 2.75) is 25.3 Å². The summed E-state index contributed by atoms with van der Waals surface area (Å²) in [6.07, 6.45) is 2.84. The van der Waals surface area contributed by atoms with Crippen molar-refractivity contribution in [1.29, 1.82) is 0 Å². The van der Waals surface area contributed by atoms with E-state index in [1.54, 1.807) is 10.7 Å². The lowest BCUT2D eigenvalue weighted by molar-refractivity contribution is -0.120. The van der Waals surface area contributed by atoms with Crippen LogP contribution in [0.15, 0.2) is 24.3 Å². The van der Waals surface area contributed by atoms with Gasteiger partial charge >= 0.3 is 0 Å². The molecule has 3 atom stereocenters. The molecule has 5 rings (SSSR count). The number of ether oxygens (including phenoxy) is 1. The summed E-state index contributed by atoms with van der Waals surface area (Å²) in [6.45, 7) is 0.170. The molecule has 2 heterocycles. The minimum absolute atomic E-state index is 0.170. The van der Waals surface area contributed by atoms with Crippen molar-refractivity contribution in [2.75, 3.05) is 11.9 Å². The SMILES string of the molecule is NC(=O)c1nn([C@H]2COc3ccccc3NC2=O)c2c1CC1CC1C2. The van der Waals surface area contributed by atoms with Crippen LogP contribution in [0.1, 0.15) is 34.2 Å². The second-order valence-electron chi connectivity index (χ2n) is 7.06. The minimum atomic E-state index is -0.621. The van der Waals surface area contributed by atoms with E-state index in [1.165, 1.54) is 6.42 Å². The Morgan fingerprint density at radius 3 is 2.92 bits per heavy atom. The molecule has 3 aliphatic rings. The first-order chi connectivity index (χ1) is 12.1. The minimum Gasteiger partial charge on any atom is -0.489 e. The second kappa shape index (κ2) is 5.08. The van der Waals surface area contributed by atoms with Gasteiger partial charge in [-0.2, -0.15) is 5.10 Å². The number of carbonyl (C=O) groups excluding carboxylic acids is 2. The van der Waals surface area contributed by atoms with Crippen LogP contribution in [0.5, 0.6) is 5.75 Å². The molecule has 2 amide bonds. The molecule has 1 aromatic heterocycles. The average molecular weight is 338 g/mol. The summed E-state index contributed by atoms with van der Waals surface area (Å²) in [6, 6.07) is 6.71. The zero-order valence-electron chi connectivity index (χ0n) is 13.6. The number of nitrogens with one attached hydrogen (secondary N) is 1. The number of para-hydroxylation sites is 2. The zero-order chi connectivity index (χ0) is 17.1. The fraction of sp³-hybridized carbons (Fsp3) is 0.389. The van der Waals surface area contributed by atoms with E-state index < -0.39 is 11.9 Å². The van der Waals surface area contributed by atoms with Crippen molar-refractivity contribution in [1.82, 2.24) is 9.78 Å². The molecular weight excluding hydrogens is 320 g/mol. The van der Waals surface area contributed by atoms with Crippen LogP contribution >= 0.6 is 0 Å². The second-order valence-corrected chi connectivity index (χ2v) is 7.06. The molecule has 1 aliphatic heterocycles. The van der Waals surface area contributed by atoms with Gasteiger partial charge in [-0.05, 0) is 43.2 Å². The Bertz CT molecular complexity index is 904. The highest BCUT2D eigenvalue weighted by atomic mass is 16.5. The quantitative estimate of drug-likeness (QED) is 0.862. The lowest BCUT2D eigenvalue weighted by atomic mass is 9.95. The predicted octanol–water partition coefficient (Wildman–Crippen LogP) is 1.29. The van der Waals surface area contributed by atoms with Crippen LogP contribution in [0, 0.1) is 11.8 Å². The molecule has 0 spiro atoms. The molecule has 25 heavy (non-hydrogen) atoms. The lowest BCUT2D eigenvalue weighted by Crippen LogP contribution is -2.31. The highest BCUT2D eigenvalue weighted by Gasteiger charge is 2.45. The van der Waals surface area contributed by atoms with Crippen molar-refractivity contribution in [2.24, 2.45) is 17.6 Å². The van der Waals surface area contributed by atoms with Gasteiger partial charge in [-0.3, -0.25) is 14.3 Å². The van der Waals surface area contributed by atoms with Crippen LogP contribution in [0.25, 0.3) is 0 Å². The Morgan fingerprint density at radius 1 is 1.28 bits per heavy atom. The van der Waals surface area contributed by atoms with Gasteiger partial charge in [0.1, 0.15) is 12.4 Å². The topological polar surface area (TPSA) is 99.2 Å². The summed E-state index contributed by atoms with van der Waals surface area (Å²) in [7, 11) is 0. The standard InChI is InChI=1S/C18H18N4O3/c19-17(23)16-11-6-9-5-10(9)7-13(11)22(21-16)14-8-25-15-4-2-1-3-12(15)20-18(14)24/h1-4,9-10,14H,5-8H2,(H2,19,23)(H,20,24)/t9?,10?,14-/m0/s1. The van der Waals surface area contributed by atoms with E-state index in [0.29, 0.717) is 29.0 Å². The molecule has 0 radical (unpaired) electrons. The normalized spacial score (nSPS) is 26.4. The number of hydrogen-bond donors (Lipinski definition) is 2. The Balaban J connectivity index is 1.55. The summed E-state index contributed by atoms with van der Waals surface area (Å²) < 4.78 is 7.50. The van der Waals surface area contributed by atoms with E-state index in [1.807, 2.05) is 18.2 Å². The first-order valence-electron chi connectivity index (χ1n) is 8.54. The van der Waals surface area contributed by atoms with Gasteiger partial charge in [0.2, 0.25) is 0 Å². The van der Waals surface area contributed by atoms with Crippen molar-refractivity contribution in [3.63, 3.8) is 0 Å². The van der Waals surface area contributed by atoms with Gasteiger partial charge in [-0.1, -0.05) is 12.1 Å². The fourth-order valence-corrected chi connectivity index (χ4v) is 4.05. The van der Waals surface area contributed by atoms with Gasteiger partial charge < -0.3 is 15.8 Å². The number of primary amides is 1. The van der Waals surface area contributed by atoms with Crippen LogP contribution in [-0.2, 0) is 17.6 Å². The highest BCUT2D eigenvalue weighted by Crippen LogP contribution is 2.49. The molecular formula is C18H18N4O3. The summed E-state index contributed by atoms with van der Waals surface area (Å²) in [4.78, 5) is 24.6. The largest absolute Gasteiger partial charge is 0.489 e. The van der Waals surface area contributed by atoms with E-state index in [4.69, 9.17) is 10.5 Å². The monoisotopic (exact) mass is 338 g/mol. The van der Waals surface area contributed by atoms with Gasteiger partial charge in [-0.25, -0.2) is 0 Å². The Hall–Kier alpha value is -2.83. The molecule has 0 bridgehead atoms. The van der Waals surface area contributed by atoms with Crippen LogP contribution in [0.4, 0.5) is 5.69 Å². The number of hydrogen-bond acceptors (Lipinski definition) is 4. The molecule has 1 saturated carbocycles. The summed E-state index contributed by atoms with van der Waals surface area (Å²) in [5.74, 6) is 1.18. The maximum Gasteiger partial charge on any atom is 0.269 e. The molecule has 7 heteroatoms. The molecule has 2 aliphatic carbocycles. The summed E-state index contributed by atoms with van der Waals surface area (Å²) in [5.41, 5.74) is 8.35. The smallest absolute Gasteiger partial charge is 0.269 e. The number of nitrogens with two attached hydrogens (primary N) is 1. The lowest BCUT2D eigenvalue weighted by Gasteiger charge is -2.19. The molecule has 1 aromatic carbocycles. The first-order valence-corrected chi connectivity index (χ1v) is 8.54. The van der Waals surface area contributed by atoms with Gasteiger partial charge in [0, 0.05) is 11.3 Å². The number of anilines is 1. The molecule has 2 unspecified atom stereocenters. The average Bonchev–Trinajstić information content (AvgIpc) is 3.29. The Kier molecular flexibility index (Phi) is 2.95. The van der Waals surface area contributed by atoms with E-state index in [2.05, 4.69) is 10.4 Å². The van der Waals surface area contributed by atoms with E-state index >= 15 is 0 Å².